The molecule has 19 heavy (non-hydrogen) atoms. The Morgan fingerprint density at radius 2 is 1.95 bits per heavy atom. The summed E-state index contributed by atoms with van der Waals surface area (Å²) < 4.78 is 5.62. The minimum Gasteiger partial charge on any atom is -0.494 e. The van der Waals surface area contributed by atoms with Crippen molar-refractivity contribution < 1.29 is 4.74 Å². The molecule has 1 atom stereocenters. The van der Waals surface area contributed by atoms with E-state index in [1.807, 2.05) is 11.8 Å². The quantitative estimate of drug-likeness (QED) is 0.869. The zero-order valence-corrected chi connectivity index (χ0v) is 12.5. The maximum absolute atomic E-state index is 5.97. The number of ether oxygens (including phenoxy) is 1. The number of rotatable bonds is 6. The first-order valence-corrected chi connectivity index (χ1v) is 8.25. The van der Waals surface area contributed by atoms with E-state index in [0.717, 1.165) is 31.9 Å². The van der Waals surface area contributed by atoms with Crippen LogP contribution in [0.5, 0.6) is 5.75 Å². The van der Waals surface area contributed by atoms with Gasteiger partial charge in [-0.2, -0.15) is 11.8 Å². The van der Waals surface area contributed by atoms with Gasteiger partial charge in [-0.25, -0.2) is 0 Å². The molecule has 0 amide bonds. The number of hydrogen-bond acceptors (Lipinski definition) is 4. The second kappa shape index (κ2) is 7.78. The summed E-state index contributed by atoms with van der Waals surface area (Å²) >= 11 is 2.03. The van der Waals surface area contributed by atoms with Crippen LogP contribution in [0, 0.1) is 0 Å². The standard InChI is InChI=1S/C15H24N2OS/c1-2-9-18-14-5-3-13(4-6-14)15(12-16)17-7-10-19-11-8-17/h3-6,15H,2,7-12,16H2,1H3. The molecule has 4 heteroatoms. The van der Waals surface area contributed by atoms with Crippen LogP contribution in [0.2, 0.25) is 0 Å². The number of nitrogens with zero attached hydrogens (tertiary/aromatic N) is 1. The molecule has 1 saturated heterocycles. The Hall–Kier alpha value is -0.710. The van der Waals surface area contributed by atoms with E-state index in [1.54, 1.807) is 0 Å². The summed E-state index contributed by atoms with van der Waals surface area (Å²) in [5.74, 6) is 3.39. The lowest BCUT2D eigenvalue weighted by molar-refractivity contribution is 0.223. The highest BCUT2D eigenvalue weighted by Crippen LogP contribution is 2.25. The third-order valence-electron chi connectivity index (χ3n) is 3.45. The predicted octanol–water partition coefficient (Wildman–Crippen LogP) is 2.52. The Kier molecular flexibility index (Phi) is 6.01. The second-order valence-electron chi connectivity index (χ2n) is 4.82. The highest BCUT2D eigenvalue weighted by molar-refractivity contribution is 7.99. The Morgan fingerprint density at radius 1 is 1.26 bits per heavy atom. The summed E-state index contributed by atoms with van der Waals surface area (Å²) in [6.07, 6.45) is 1.04. The van der Waals surface area contributed by atoms with Crippen molar-refractivity contribution in [3.05, 3.63) is 29.8 Å². The van der Waals surface area contributed by atoms with E-state index in [-0.39, 0.29) is 0 Å². The number of hydrogen-bond donors (Lipinski definition) is 1. The molecule has 0 aliphatic carbocycles. The zero-order valence-electron chi connectivity index (χ0n) is 11.7. The van der Waals surface area contributed by atoms with Crippen molar-refractivity contribution in [2.45, 2.75) is 19.4 Å². The van der Waals surface area contributed by atoms with E-state index >= 15 is 0 Å². The van der Waals surface area contributed by atoms with Crippen molar-refractivity contribution in [1.82, 2.24) is 4.90 Å². The van der Waals surface area contributed by atoms with Gasteiger partial charge in [0.1, 0.15) is 5.75 Å². The van der Waals surface area contributed by atoms with Crippen LogP contribution in [0.3, 0.4) is 0 Å². The number of thioether (sulfide) groups is 1. The molecular formula is C15H24N2OS. The van der Waals surface area contributed by atoms with Gasteiger partial charge in [-0.15, -0.1) is 0 Å². The van der Waals surface area contributed by atoms with E-state index in [4.69, 9.17) is 10.5 Å². The zero-order chi connectivity index (χ0) is 13.5. The molecule has 1 unspecified atom stereocenters. The molecule has 1 aromatic rings. The fourth-order valence-electron chi connectivity index (χ4n) is 2.39. The maximum atomic E-state index is 5.97. The molecular weight excluding hydrogens is 256 g/mol. The Balaban J connectivity index is 2.01. The largest absolute Gasteiger partial charge is 0.494 e. The average Bonchev–Trinajstić information content (AvgIpc) is 2.48. The van der Waals surface area contributed by atoms with Crippen LogP contribution in [-0.2, 0) is 0 Å². The minimum absolute atomic E-state index is 0.348. The predicted molar refractivity (Wildman–Crippen MR) is 82.9 cm³/mol. The molecule has 0 spiro atoms. The normalized spacial score (nSPS) is 18.2. The summed E-state index contributed by atoms with van der Waals surface area (Å²) in [5.41, 5.74) is 7.28. The van der Waals surface area contributed by atoms with Crippen LogP contribution >= 0.6 is 11.8 Å². The SMILES string of the molecule is CCCOc1ccc(C(CN)N2CCSCC2)cc1. The van der Waals surface area contributed by atoms with Crippen molar-refractivity contribution >= 4 is 11.8 Å². The second-order valence-corrected chi connectivity index (χ2v) is 6.04. The van der Waals surface area contributed by atoms with Gasteiger partial charge >= 0.3 is 0 Å². The van der Waals surface area contributed by atoms with E-state index in [0.29, 0.717) is 12.6 Å². The molecule has 0 aromatic heterocycles. The number of benzene rings is 1. The van der Waals surface area contributed by atoms with Gasteiger partial charge in [-0.1, -0.05) is 19.1 Å². The fraction of sp³-hybridized carbons (Fsp3) is 0.600. The van der Waals surface area contributed by atoms with Crippen LogP contribution in [-0.4, -0.2) is 42.6 Å². The lowest BCUT2D eigenvalue weighted by Gasteiger charge is -2.34. The smallest absolute Gasteiger partial charge is 0.119 e. The van der Waals surface area contributed by atoms with Gasteiger partial charge in [0.2, 0.25) is 0 Å². The van der Waals surface area contributed by atoms with Crippen LogP contribution < -0.4 is 10.5 Å². The maximum Gasteiger partial charge on any atom is 0.119 e. The van der Waals surface area contributed by atoms with E-state index < -0.39 is 0 Å². The van der Waals surface area contributed by atoms with Crippen LogP contribution in [0.4, 0.5) is 0 Å². The van der Waals surface area contributed by atoms with Crippen molar-refractivity contribution in [3.63, 3.8) is 0 Å². The Morgan fingerprint density at radius 3 is 2.53 bits per heavy atom. The summed E-state index contributed by atoms with van der Waals surface area (Å²) in [4.78, 5) is 2.50. The molecule has 0 radical (unpaired) electrons. The third-order valence-corrected chi connectivity index (χ3v) is 4.39. The van der Waals surface area contributed by atoms with Crippen molar-refractivity contribution in [2.75, 3.05) is 37.7 Å². The van der Waals surface area contributed by atoms with Gasteiger partial charge in [0, 0.05) is 37.2 Å². The van der Waals surface area contributed by atoms with Crippen LogP contribution in [0.1, 0.15) is 24.9 Å². The molecule has 1 fully saturated rings. The van der Waals surface area contributed by atoms with Gasteiger partial charge < -0.3 is 10.5 Å². The van der Waals surface area contributed by atoms with Gasteiger partial charge in [-0.3, -0.25) is 4.90 Å². The highest BCUT2D eigenvalue weighted by atomic mass is 32.2. The molecule has 0 saturated carbocycles. The summed E-state index contributed by atoms with van der Waals surface area (Å²) in [7, 11) is 0. The minimum atomic E-state index is 0.348. The fourth-order valence-corrected chi connectivity index (χ4v) is 3.32. The number of nitrogens with two attached hydrogens (primary N) is 1. The molecule has 3 nitrogen and oxygen atoms in total. The molecule has 2 N–H and O–H groups in total. The lowest BCUT2D eigenvalue weighted by atomic mass is 10.1. The summed E-state index contributed by atoms with van der Waals surface area (Å²) in [6, 6.07) is 8.79. The molecule has 1 aromatic carbocycles. The summed E-state index contributed by atoms with van der Waals surface area (Å²) in [5, 5.41) is 0. The molecule has 1 aliphatic heterocycles. The van der Waals surface area contributed by atoms with Crippen LogP contribution in [0.25, 0.3) is 0 Å². The topological polar surface area (TPSA) is 38.5 Å². The van der Waals surface area contributed by atoms with Crippen molar-refractivity contribution in [3.8, 4) is 5.75 Å². The Bertz CT molecular complexity index is 363. The monoisotopic (exact) mass is 280 g/mol. The Labute approximate surface area is 120 Å². The van der Waals surface area contributed by atoms with Crippen molar-refractivity contribution in [2.24, 2.45) is 5.73 Å². The van der Waals surface area contributed by atoms with E-state index in [2.05, 4.69) is 36.1 Å². The van der Waals surface area contributed by atoms with Crippen LogP contribution in [0.15, 0.2) is 24.3 Å². The molecule has 1 heterocycles. The first-order valence-electron chi connectivity index (χ1n) is 7.09. The molecule has 106 valence electrons. The third kappa shape index (κ3) is 4.13. The van der Waals surface area contributed by atoms with Crippen molar-refractivity contribution in [1.29, 1.82) is 0 Å². The van der Waals surface area contributed by atoms with Gasteiger partial charge in [-0.05, 0) is 24.1 Å². The summed E-state index contributed by atoms with van der Waals surface area (Å²) in [6.45, 7) is 5.86. The molecule has 0 bridgehead atoms. The van der Waals surface area contributed by atoms with Gasteiger partial charge in [0.25, 0.3) is 0 Å². The van der Waals surface area contributed by atoms with Gasteiger partial charge in [0.15, 0.2) is 0 Å². The van der Waals surface area contributed by atoms with E-state index in [9.17, 15) is 0 Å². The van der Waals surface area contributed by atoms with E-state index in [1.165, 1.54) is 17.1 Å². The average molecular weight is 280 g/mol. The lowest BCUT2D eigenvalue weighted by Crippen LogP contribution is -2.39. The first kappa shape index (κ1) is 14.7. The molecule has 1 aliphatic rings. The molecule has 2 rings (SSSR count). The highest BCUT2D eigenvalue weighted by Gasteiger charge is 2.20. The first-order chi connectivity index (χ1) is 9.35. The van der Waals surface area contributed by atoms with Gasteiger partial charge in [0.05, 0.1) is 6.61 Å².